The van der Waals surface area contributed by atoms with Gasteiger partial charge in [-0.1, -0.05) is 6.92 Å². The largest absolute Gasteiger partial charge is 0.481 e. The zero-order valence-corrected chi connectivity index (χ0v) is 9.75. The maximum Gasteiger partial charge on any atom is 0.310 e. The second-order valence-electron chi connectivity index (χ2n) is 4.01. The van der Waals surface area contributed by atoms with Crippen LogP contribution in [0.25, 0.3) is 0 Å². The summed E-state index contributed by atoms with van der Waals surface area (Å²) in [6.07, 6.45) is 1.73. The molecule has 0 spiro atoms. The van der Waals surface area contributed by atoms with Gasteiger partial charge in [0.05, 0.1) is 5.92 Å². The normalized spacial score (nSPS) is 30.1. The van der Waals surface area contributed by atoms with Gasteiger partial charge in [0.15, 0.2) is 0 Å². The summed E-state index contributed by atoms with van der Waals surface area (Å²) in [6, 6.07) is 0. The van der Waals surface area contributed by atoms with Crippen molar-refractivity contribution in [1.82, 2.24) is 0 Å². The zero-order chi connectivity index (χ0) is 10.7. The molecule has 4 nitrogen and oxygen atoms in total. The lowest BCUT2D eigenvalue weighted by Crippen LogP contribution is -2.37. The van der Waals surface area contributed by atoms with Crippen molar-refractivity contribution in [2.24, 2.45) is 11.8 Å². The maximum absolute atomic E-state index is 10.9. The maximum atomic E-state index is 10.9. The fourth-order valence-electron chi connectivity index (χ4n) is 1.95. The number of carboxylic acid groups (broad SMARTS) is 1. The number of hydrogen-bond acceptors (Lipinski definition) is 3. The van der Waals surface area contributed by atoms with Gasteiger partial charge in [0.25, 0.3) is 0 Å². The van der Waals surface area contributed by atoms with Crippen LogP contribution in [0.4, 0.5) is 0 Å². The summed E-state index contributed by atoms with van der Waals surface area (Å²) in [5.74, 6) is -1.33. The summed E-state index contributed by atoms with van der Waals surface area (Å²) in [5, 5.41) is 8.92. The standard InChI is InChI=1S/C10H16O4.ClH/c1-6-3-4-8(10(12)13)9(5-6)14-7(2)11;/h6,8-9H,3-5H2,1-2H3,(H,12,13);1H/t6-,8?,9?;/m1./s1. The van der Waals surface area contributed by atoms with E-state index in [9.17, 15) is 9.59 Å². The van der Waals surface area contributed by atoms with E-state index in [1.807, 2.05) is 0 Å². The minimum absolute atomic E-state index is 0. The van der Waals surface area contributed by atoms with Crippen molar-refractivity contribution >= 4 is 24.3 Å². The van der Waals surface area contributed by atoms with Crippen molar-refractivity contribution in [3.8, 4) is 0 Å². The van der Waals surface area contributed by atoms with Gasteiger partial charge in [0.2, 0.25) is 0 Å². The van der Waals surface area contributed by atoms with Gasteiger partial charge in [0, 0.05) is 6.92 Å². The van der Waals surface area contributed by atoms with Gasteiger partial charge in [-0.2, -0.15) is 0 Å². The Bertz CT molecular complexity index is 242. The average molecular weight is 237 g/mol. The average Bonchev–Trinajstić information content (AvgIpc) is 2.01. The molecule has 1 rings (SSSR count). The fraction of sp³-hybridized carbons (Fsp3) is 0.800. The van der Waals surface area contributed by atoms with Gasteiger partial charge in [-0.25, -0.2) is 0 Å². The molecule has 0 radical (unpaired) electrons. The number of halogens is 1. The Morgan fingerprint density at radius 3 is 2.40 bits per heavy atom. The molecule has 1 N–H and O–H groups in total. The zero-order valence-electron chi connectivity index (χ0n) is 8.93. The third kappa shape index (κ3) is 4.08. The van der Waals surface area contributed by atoms with E-state index in [0.717, 1.165) is 6.42 Å². The van der Waals surface area contributed by atoms with Crippen LogP contribution in [0.5, 0.6) is 0 Å². The van der Waals surface area contributed by atoms with E-state index in [0.29, 0.717) is 18.8 Å². The molecule has 2 unspecified atom stereocenters. The molecular formula is C10H17ClO4. The monoisotopic (exact) mass is 236 g/mol. The molecule has 0 bridgehead atoms. The molecule has 1 aliphatic carbocycles. The lowest BCUT2D eigenvalue weighted by Gasteiger charge is -2.31. The highest BCUT2D eigenvalue weighted by atomic mass is 35.5. The van der Waals surface area contributed by atoms with Crippen LogP contribution in [0.2, 0.25) is 0 Å². The lowest BCUT2D eigenvalue weighted by molar-refractivity contribution is -0.160. The van der Waals surface area contributed by atoms with E-state index in [4.69, 9.17) is 9.84 Å². The molecule has 0 saturated heterocycles. The summed E-state index contributed by atoms with van der Waals surface area (Å²) >= 11 is 0. The van der Waals surface area contributed by atoms with Crippen LogP contribution < -0.4 is 0 Å². The fourth-order valence-corrected chi connectivity index (χ4v) is 1.95. The lowest BCUT2D eigenvalue weighted by atomic mass is 9.80. The molecule has 0 aliphatic heterocycles. The Morgan fingerprint density at radius 2 is 1.93 bits per heavy atom. The van der Waals surface area contributed by atoms with Gasteiger partial charge in [0.1, 0.15) is 6.10 Å². The van der Waals surface area contributed by atoms with E-state index in [2.05, 4.69) is 6.92 Å². The topological polar surface area (TPSA) is 63.6 Å². The first-order valence-electron chi connectivity index (χ1n) is 4.90. The van der Waals surface area contributed by atoms with E-state index in [-0.39, 0.29) is 12.4 Å². The molecule has 1 aliphatic rings. The van der Waals surface area contributed by atoms with E-state index < -0.39 is 24.0 Å². The molecule has 0 amide bonds. The number of carboxylic acids is 1. The number of ether oxygens (including phenoxy) is 1. The smallest absolute Gasteiger partial charge is 0.310 e. The van der Waals surface area contributed by atoms with Crippen LogP contribution in [-0.2, 0) is 14.3 Å². The molecule has 3 atom stereocenters. The highest BCUT2D eigenvalue weighted by Crippen LogP contribution is 2.31. The molecule has 5 heteroatoms. The first-order chi connectivity index (χ1) is 6.50. The van der Waals surface area contributed by atoms with Crippen LogP contribution in [0.1, 0.15) is 33.1 Å². The Kier molecular flexibility index (Phi) is 5.65. The molecule has 15 heavy (non-hydrogen) atoms. The quantitative estimate of drug-likeness (QED) is 0.744. The Labute approximate surface area is 95.4 Å². The Hall–Kier alpha value is -0.770. The van der Waals surface area contributed by atoms with E-state index in [1.54, 1.807) is 0 Å². The first kappa shape index (κ1) is 14.2. The Balaban J connectivity index is 0.00000196. The molecule has 88 valence electrons. The number of esters is 1. The van der Waals surface area contributed by atoms with Gasteiger partial charge in [-0.05, 0) is 25.2 Å². The molecule has 1 fully saturated rings. The molecular weight excluding hydrogens is 220 g/mol. The minimum Gasteiger partial charge on any atom is -0.481 e. The third-order valence-corrected chi connectivity index (χ3v) is 2.69. The highest BCUT2D eigenvalue weighted by Gasteiger charge is 2.35. The van der Waals surface area contributed by atoms with Crippen molar-refractivity contribution in [2.75, 3.05) is 0 Å². The predicted molar refractivity (Wildman–Crippen MR) is 56.9 cm³/mol. The molecule has 0 aromatic heterocycles. The van der Waals surface area contributed by atoms with Gasteiger partial charge in [-0.3, -0.25) is 9.59 Å². The van der Waals surface area contributed by atoms with Crippen LogP contribution in [0.15, 0.2) is 0 Å². The second kappa shape index (κ2) is 5.95. The minimum atomic E-state index is -0.858. The molecule has 0 heterocycles. The summed E-state index contributed by atoms with van der Waals surface area (Å²) in [7, 11) is 0. The number of carbonyl (C=O) groups is 2. The van der Waals surface area contributed by atoms with Gasteiger partial charge < -0.3 is 9.84 Å². The molecule has 0 aromatic carbocycles. The number of aliphatic carboxylic acids is 1. The first-order valence-corrected chi connectivity index (χ1v) is 4.90. The summed E-state index contributed by atoms with van der Waals surface area (Å²) < 4.78 is 5.02. The van der Waals surface area contributed by atoms with Crippen LogP contribution in [-0.4, -0.2) is 23.1 Å². The van der Waals surface area contributed by atoms with Crippen molar-refractivity contribution < 1.29 is 19.4 Å². The molecule has 0 aromatic rings. The van der Waals surface area contributed by atoms with Crippen LogP contribution in [0, 0.1) is 11.8 Å². The van der Waals surface area contributed by atoms with Crippen molar-refractivity contribution in [3.05, 3.63) is 0 Å². The highest BCUT2D eigenvalue weighted by molar-refractivity contribution is 5.85. The number of hydrogen-bond donors (Lipinski definition) is 1. The van der Waals surface area contributed by atoms with Crippen molar-refractivity contribution in [2.45, 2.75) is 39.2 Å². The SMILES string of the molecule is CC(=O)OC1C[C@H](C)CCC1C(=O)O.Cl. The van der Waals surface area contributed by atoms with E-state index >= 15 is 0 Å². The van der Waals surface area contributed by atoms with Crippen molar-refractivity contribution in [3.63, 3.8) is 0 Å². The van der Waals surface area contributed by atoms with Gasteiger partial charge in [-0.15, -0.1) is 12.4 Å². The predicted octanol–water partition coefficient (Wildman–Crippen LogP) is 1.86. The second-order valence-corrected chi connectivity index (χ2v) is 4.01. The van der Waals surface area contributed by atoms with E-state index in [1.165, 1.54) is 6.92 Å². The third-order valence-electron chi connectivity index (χ3n) is 2.69. The molecule has 1 saturated carbocycles. The summed E-state index contributed by atoms with van der Waals surface area (Å²) in [5.41, 5.74) is 0. The van der Waals surface area contributed by atoms with Crippen molar-refractivity contribution in [1.29, 1.82) is 0 Å². The summed E-state index contributed by atoms with van der Waals surface area (Å²) in [6.45, 7) is 3.37. The number of carbonyl (C=O) groups excluding carboxylic acids is 1. The van der Waals surface area contributed by atoms with Crippen LogP contribution >= 0.6 is 12.4 Å². The Morgan fingerprint density at radius 1 is 1.33 bits per heavy atom. The summed E-state index contributed by atoms with van der Waals surface area (Å²) in [4.78, 5) is 21.6. The van der Waals surface area contributed by atoms with Crippen LogP contribution in [0.3, 0.4) is 0 Å². The van der Waals surface area contributed by atoms with Gasteiger partial charge >= 0.3 is 11.9 Å². The number of rotatable bonds is 2.